The van der Waals surface area contributed by atoms with Gasteiger partial charge in [-0.15, -0.1) is 11.3 Å². The number of aromatic nitrogens is 6. The van der Waals surface area contributed by atoms with Gasteiger partial charge in [-0.2, -0.15) is 28.6 Å². The van der Waals surface area contributed by atoms with Crippen molar-refractivity contribution in [2.45, 2.75) is 290 Å². The van der Waals surface area contributed by atoms with Crippen LogP contribution in [0.4, 0.5) is 22.0 Å². The molecule has 0 atom stereocenters. The van der Waals surface area contributed by atoms with Crippen LogP contribution in [0.1, 0.15) is 371 Å². The summed E-state index contributed by atoms with van der Waals surface area (Å²) >= 11 is 7.75. The number of pyridine rings is 2. The number of methoxy groups -OCH3 is 1. The van der Waals surface area contributed by atoms with Gasteiger partial charge in [0.05, 0.1) is 36.8 Å². The van der Waals surface area contributed by atoms with Crippen LogP contribution in [0.5, 0.6) is 5.75 Å². The van der Waals surface area contributed by atoms with E-state index >= 15 is 0 Å². The molecule has 0 fully saturated rings. The summed E-state index contributed by atoms with van der Waals surface area (Å²) in [6.45, 7) is 61.1. The maximum absolute atomic E-state index is 12.8. The monoisotopic (exact) mass is 1890 g/mol. The van der Waals surface area contributed by atoms with Crippen LogP contribution in [0.15, 0.2) is 326 Å². The molecule has 16 heteroatoms. The number of hydrogen-bond acceptors (Lipinski definition) is 10. The maximum Gasteiger partial charge on any atom is 0.416 e. The largest absolute Gasteiger partial charge is 0.496 e. The Morgan fingerprint density at radius 2 is 0.824 bits per heavy atom. The highest BCUT2D eigenvalue weighted by Gasteiger charge is 2.33. The number of nitriles is 1. The fourth-order valence-electron chi connectivity index (χ4n) is 12.3. The van der Waals surface area contributed by atoms with Crippen molar-refractivity contribution < 1.29 is 31.1 Å². The van der Waals surface area contributed by atoms with E-state index in [1.54, 1.807) is 76.3 Å². The molecule has 6 aromatic heterocycles. The first-order chi connectivity index (χ1) is 64.4. The summed E-state index contributed by atoms with van der Waals surface area (Å²) in [4.78, 5) is 17.7. The van der Waals surface area contributed by atoms with Crippen molar-refractivity contribution in [2.75, 3.05) is 7.11 Å². The Kier molecular flexibility index (Phi) is 63.1. The highest BCUT2D eigenvalue weighted by molar-refractivity contribution is 7.10. The lowest BCUT2D eigenvalue weighted by molar-refractivity contribution is -0.138. The Labute approximate surface area is 825 Å². The predicted molar refractivity (Wildman–Crippen MR) is 570 cm³/mol. The second kappa shape index (κ2) is 70.1. The Morgan fingerprint density at radius 3 is 1.15 bits per heavy atom. The highest BCUT2D eigenvalue weighted by Crippen LogP contribution is 2.35. The minimum atomic E-state index is -4.24. The Morgan fingerprint density at radius 1 is 0.360 bits per heavy atom. The number of furan rings is 1. The molecule has 0 aliphatic heterocycles. The molecule has 0 spiro atoms. The minimum Gasteiger partial charge on any atom is -0.496 e. The lowest BCUT2D eigenvalue weighted by Crippen LogP contribution is -2.09. The number of para-hydroxylation sites is 1. The van der Waals surface area contributed by atoms with Gasteiger partial charge in [-0.1, -0.05) is 375 Å². The van der Waals surface area contributed by atoms with Crippen molar-refractivity contribution >= 4 is 22.9 Å². The third-order valence-electron chi connectivity index (χ3n) is 20.5. The van der Waals surface area contributed by atoms with Crippen LogP contribution in [0.2, 0.25) is 5.02 Å². The fourth-order valence-corrected chi connectivity index (χ4v) is 13.4. The topological polar surface area (TPSA) is 124 Å². The van der Waals surface area contributed by atoms with E-state index < -0.39 is 11.7 Å². The van der Waals surface area contributed by atoms with Crippen molar-refractivity contribution in [1.82, 2.24) is 30.1 Å². The molecule has 0 unspecified atom stereocenters. The van der Waals surface area contributed by atoms with Crippen LogP contribution < -0.4 is 4.74 Å². The molecule has 0 saturated carbocycles. The van der Waals surface area contributed by atoms with Crippen LogP contribution in [0, 0.1) is 29.9 Å². The number of aryl methyl sites for hydroxylation is 1. The van der Waals surface area contributed by atoms with E-state index in [0.29, 0.717) is 76.6 Å². The molecule has 0 radical (unpaired) electrons. The van der Waals surface area contributed by atoms with E-state index in [2.05, 4.69) is 287 Å². The molecule has 9 nitrogen and oxygen atoms in total. The van der Waals surface area contributed by atoms with Gasteiger partial charge in [0.1, 0.15) is 29.0 Å². The van der Waals surface area contributed by atoms with E-state index in [1.165, 1.54) is 68.1 Å². The van der Waals surface area contributed by atoms with E-state index in [1.807, 2.05) is 183 Å². The number of hydrogen-bond donors (Lipinski definition) is 0. The molecule has 0 saturated heterocycles. The summed E-state index contributed by atoms with van der Waals surface area (Å²) in [7, 11) is 1.71. The molecule has 14 rings (SSSR count). The molecule has 6 heterocycles. The molecule has 8 aromatic carbocycles. The third kappa shape index (κ3) is 53.1. The summed E-state index contributed by atoms with van der Waals surface area (Å²) < 4.78 is 72.9. The van der Waals surface area contributed by atoms with Crippen LogP contribution in [0.3, 0.4) is 0 Å². The molecule has 0 aliphatic carbocycles. The summed E-state index contributed by atoms with van der Waals surface area (Å²) in [5.74, 6) is 9.49. The van der Waals surface area contributed by atoms with Crippen LogP contribution in [0.25, 0.3) is 0 Å². The van der Waals surface area contributed by atoms with Crippen LogP contribution in [-0.2, 0) is 6.18 Å². The highest BCUT2D eigenvalue weighted by atomic mass is 35.5. The molecular formula is C120H157ClF5N7O2S. The molecule has 0 bridgehead atoms. The molecule has 0 N–H and O–H groups in total. The van der Waals surface area contributed by atoms with Gasteiger partial charge in [0.15, 0.2) is 0 Å². The lowest BCUT2D eigenvalue weighted by Gasteiger charge is -2.14. The van der Waals surface area contributed by atoms with E-state index in [-0.39, 0.29) is 23.5 Å². The van der Waals surface area contributed by atoms with E-state index in [9.17, 15) is 22.0 Å². The lowest BCUT2D eigenvalue weighted by atomic mass is 9.97. The smallest absolute Gasteiger partial charge is 0.416 e. The summed E-state index contributed by atoms with van der Waals surface area (Å²) in [5, 5.41) is 19.1. The van der Waals surface area contributed by atoms with Gasteiger partial charge in [0, 0.05) is 64.6 Å². The number of thiophene rings is 1. The normalized spacial score (nSPS) is 10.4. The number of rotatable bonds is 15. The van der Waals surface area contributed by atoms with Gasteiger partial charge in [0.25, 0.3) is 0 Å². The summed E-state index contributed by atoms with van der Waals surface area (Å²) in [5.41, 5.74) is 14.1. The molecule has 0 amide bonds. The van der Waals surface area contributed by atoms with Crippen molar-refractivity contribution in [2.24, 2.45) is 0 Å². The Bertz CT molecular complexity index is 4920. The minimum absolute atomic E-state index is 0.0992. The molecule has 732 valence electrons. The maximum atomic E-state index is 12.8. The van der Waals surface area contributed by atoms with Crippen molar-refractivity contribution in [1.29, 1.82) is 5.26 Å². The zero-order chi connectivity index (χ0) is 102. The molecule has 14 aromatic rings. The second-order valence-corrected chi connectivity index (χ2v) is 37.8. The predicted octanol–water partition coefficient (Wildman–Crippen LogP) is 37.5. The van der Waals surface area contributed by atoms with Crippen molar-refractivity contribution in [3.63, 3.8) is 0 Å². The Balaban J connectivity index is 0.000000733. The zero-order valence-corrected chi connectivity index (χ0v) is 88.4. The first-order valence-corrected chi connectivity index (χ1v) is 48.7. The first-order valence-electron chi connectivity index (χ1n) is 47.5. The van der Waals surface area contributed by atoms with Gasteiger partial charge in [-0.3, -0.25) is 9.97 Å². The van der Waals surface area contributed by atoms with Gasteiger partial charge in [-0.05, 0) is 242 Å². The SMILES string of the molecule is CC(C)c1cccc(F)c1.CC(C)c1ccccc1.CC(C)c1ccccc1C#N.CC(C)c1ccccc1C(F)(F)F.CC(C)c1ccccc1Cl.CC(C)c1ccccc1F.CC(C)c1ccccn1.CC(C)c1ccco1.CC(C)c1cccs1.CC(C)c1ccncc1.CC(C)c1ccnnc1.CC(C)c1ncccn1.COc1ccccc1C(C)C.Cc1ccccc1C(C)C. The zero-order valence-electron chi connectivity index (χ0n) is 86.8. The van der Waals surface area contributed by atoms with E-state index in [4.69, 9.17) is 26.0 Å². The molecular weight excluding hydrogens is 1730 g/mol. The van der Waals surface area contributed by atoms with E-state index in [0.717, 1.165) is 56.4 Å². The number of benzene rings is 8. The first kappa shape index (κ1) is 122. The fraction of sp³-hybridized carbons (Fsp3) is 0.375. The van der Waals surface area contributed by atoms with Gasteiger partial charge in [-0.25, -0.2) is 18.7 Å². The summed E-state index contributed by atoms with van der Waals surface area (Å²) in [6, 6.07) is 86.4. The average molecular weight is 1890 g/mol. The van der Waals surface area contributed by atoms with Crippen molar-refractivity contribution in [3.05, 3.63) is 433 Å². The van der Waals surface area contributed by atoms with Gasteiger partial charge in [0.2, 0.25) is 0 Å². The number of nitrogens with zero attached hydrogens (tertiary/aromatic N) is 7. The average Bonchev–Trinajstić information content (AvgIpc) is 0.887. The van der Waals surface area contributed by atoms with Crippen LogP contribution in [-0.4, -0.2) is 37.2 Å². The van der Waals surface area contributed by atoms with Crippen LogP contribution >= 0.6 is 22.9 Å². The molecule has 0 aliphatic rings. The van der Waals surface area contributed by atoms with Crippen molar-refractivity contribution in [3.8, 4) is 11.8 Å². The Hall–Kier alpha value is -11.6. The number of halogens is 6. The standard InChI is InChI=1S/C10H11F3.C10H11N.C10H14O.C10H14.C9H11Cl.2C9H11F.C9H12.2C8H11N.2C7H10N2.C7H10O.C7H10S/c1-7(2)8-5-3-4-6-9(8)10(11,12)13;1-8(2)10-6-4-3-5-9(10)7-11;1-8(2)9-6-4-5-7-10(9)11-3;1-8(2)10-7-5-4-6-9(10)3;1-7(2)8-5-3-4-6-9(8)10;1-7(2)8-4-3-5-9(10)6-8;1-7(2)8-5-3-4-6-9(8)10;1-8(2)9-6-4-3-5-7-9;1-7(2)8-3-5-9-6-4-8;1-7(2)8-5-3-4-6-9-8;1-6(2)7-3-4-8-9-5-7;1-6(2)7-8-4-3-5-9-7;2*1-6(2)7-4-3-5-8-7/h3-7H,1-2H3;3-6,8H,1-2H3;4-8H,1-3H3;4-8H,1-3H3;3*3-7H,1-2H3;3-8H,1-2H3;2*3-7H,1-2H3;2*3-6H,1-2H3;2*3-6H,1-2H3. The summed E-state index contributed by atoms with van der Waals surface area (Å²) in [6.07, 6.45) is 10.0. The second-order valence-electron chi connectivity index (χ2n) is 36.4. The number of alkyl halides is 3. The van der Waals surface area contributed by atoms with Gasteiger partial charge < -0.3 is 9.15 Å². The van der Waals surface area contributed by atoms with Gasteiger partial charge >= 0.3 is 6.18 Å². The molecule has 136 heavy (non-hydrogen) atoms. The number of ether oxygens (including phenoxy) is 1. The third-order valence-corrected chi connectivity index (χ3v) is 22.0. The quantitative estimate of drug-likeness (QED) is 0.0923.